The summed E-state index contributed by atoms with van der Waals surface area (Å²) in [5.41, 5.74) is 2.61. The third kappa shape index (κ3) is 4.52. The van der Waals surface area contributed by atoms with Crippen molar-refractivity contribution in [1.29, 1.82) is 0 Å². The van der Waals surface area contributed by atoms with Crippen molar-refractivity contribution in [3.05, 3.63) is 63.6 Å². The molecule has 2 rings (SSSR count). The number of hydrogen-bond donors (Lipinski definition) is 1. The van der Waals surface area contributed by atoms with Gasteiger partial charge in [-0.3, -0.25) is 9.59 Å². The van der Waals surface area contributed by atoms with Crippen LogP contribution in [0.4, 0.5) is 0 Å². The van der Waals surface area contributed by atoms with Gasteiger partial charge < -0.3 is 5.32 Å². The van der Waals surface area contributed by atoms with E-state index in [-0.39, 0.29) is 22.6 Å². The van der Waals surface area contributed by atoms with Crippen molar-refractivity contribution in [2.75, 3.05) is 6.54 Å². The van der Waals surface area contributed by atoms with Crippen LogP contribution < -0.4 is 10.9 Å². The van der Waals surface area contributed by atoms with Crippen LogP contribution in [0.25, 0.3) is 0 Å². The number of amides is 1. The molecule has 0 atom stereocenters. The third-order valence-electron chi connectivity index (χ3n) is 3.71. The molecule has 1 aromatic heterocycles. The maximum atomic E-state index is 12.0. The minimum Gasteiger partial charge on any atom is -0.350 e. The average Bonchev–Trinajstić information content (AvgIpc) is 2.49. The lowest BCUT2D eigenvalue weighted by molar-refractivity contribution is 0.0947. The topological polar surface area (TPSA) is 64.0 Å². The lowest BCUT2D eigenvalue weighted by atomic mass is 9.86. The fourth-order valence-electron chi connectivity index (χ4n) is 2.21. The van der Waals surface area contributed by atoms with Gasteiger partial charge in [0.05, 0.1) is 0 Å². The minimum atomic E-state index is -0.271. The van der Waals surface area contributed by atoms with Gasteiger partial charge in [-0.25, -0.2) is 4.68 Å². The Hall–Kier alpha value is -2.43. The second kappa shape index (κ2) is 6.77. The Morgan fingerprint density at radius 3 is 2.35 bits per heavy atom. The molecule has 0 aliphatic carbocycles. The second-order valence-corrected chi connectivity index (χ2v) is 6.63. The monoisotopic (exact) mass is 313 g/mol. The number of carbonyl (C=O) groups excluding carboxylic acids is 1. The standard InChI is InChI=1S/C18H23N3O2/c1-18(2,3)14-7-5-13(6-8-14)11-12-19-17(23)15-9-10-16(22)21(4)20-15/h5-10H,11-12H2,1-4H3,(H,19,23). The van der Waals surface area contributed by atoms with Gasteiger partial charge in [0.2, 0.25) is 0 Å². The average molecular weight is 313 g/mol. The molecular formula is C18H23N3O2. The summed E-state index contributed by atoms with van der Waals surface area (Å²) in [5.74, 6) is -0.271. The number of aromatic nitrogens is 2. The van der Waals surface area contributed by atoms with Crippen molar-refractivity contribution in [3.63, 3.8) is 0 Å². The molecule has 0 bridgehead atoms. The van der Waals surface area contributed by atoms with Gasteiger partial charge in [-0.1, -0.05) is 45.0 Å². The van der Waals surface area contributed by atoms with Crippen molar-refractivity contribution >= 4 is 5.91 Å². The molecule has 1 heterocycles. The number of hydrogen-bond acceptors (Lipinski definition) is 3. The van der Waals surface area contributed by atoms with E-state index in [9.17, 15) is 9.59 Å². The van der Waals surface area contributed by atoms with Crippen LogP contribution in [0.15, 0.2) is 41.2 Å². The Balaban J connectivity index is 1.90. The Morgan fingerprint density at radius 1 is 1.13 bits per heavy atom. The highest BCUT2D eigenvalue weighted by Crippen LogP contribution is 2.22. The highest BCUT2D eigenvalue weighted by atomic mass is 16.2. The number of benzene rings is 1. The molecule has 0 spiro atoms. The van der Waals surface area contributed by atoms with Crippen LogP contribution in [0.1, 0.15) is 42.4 Å². The summed E-state index contributed by atoms with van der Waals surface area (Å²) in [7, 11) is 1.52. The molecule has 23 heavy (non-hydrogen) atoms. The summed E-state index contributed by atoms with van der Waals surface area (Å²) < 4.78 is 1.15. The number of nitrogens with zero attached hydrogens (tertiary/aromatic N) is 2. The summed E-state index contributed by atoms with van der Waals surface area (Å²) in [4.78, 5) is 23.3. The lowest BCUT2D eigenvalue weighted by Crippen LogP contribution is -2.29. The minimum absolute atomic E-state index is 0.141. The van der Waals surface area contributed by atoms with E-state index in [0.717, 1.165) is 11.1 Å². The summed E-state index contributed by atoms with van der Waals surface area (Å²) in [6, 6.07) is 11.2. The zero-order valence-corrected chi connectivity index (χ0v) is 14.1. The summed E-state index contributed by atoms with van der Waals surface area (Å²) in [6.07, 6.45) is 0.752. The molecule has 0 aliphatic rings. The summed E-state index contributed by atoms with van der Waals surface area (Å²) >= 11 is 0. The zero-order valence-electron chi connectivity index (χ0n) is 14.1. The number of rotatable bonds is 4. The molecule has 5 nitrogen and oxygen atoms in total. The van der Waals surface area contributed by atoms with Crippen molar-refractivity contribution in [1.82, 2.24) is 15.1 Å². The van der Waals surface area contributed by atoms with Crippen LogP contribution in [0.3, 0.4) is 0 Å². The molecule has 0 fully saturated rings. The summed E-state index contributed by atoms with van der Waals surface area (Å²) in [5, 5.41) is 6.75. The number of aryl methyl sites for hydroxylation is 1. The first kappa shape index (κ1) is 16.9. The van der Waals surface area contributed by atoms with E-state index in [1.165, 1.54) is 30.3 Å². The molecule has 0 radical (unpaired) electrons. The third-order valence-corrected chi connectivity index (χ3v) is 3.71. The molecule has 0 aliphatic heterocycles. The van der Waals surface area contributed by atoms with Crippen LogP contribution in [0.2, 0.25) is 0 Å². The molecule has 5 heteroatoms. The van der Waals surface area contributed by atoms with Gasteiger partial charge in [-0.2, -0.15) is 5.10 Å². The van der Waals surface area contributed by atoms with Crippen molar-refractivity contribution in [2.24, 2.45) is 7.05 Å². The zero-order chi connectivity index (χ0) is 17.0. The Kier molecular flexibility index (Phi) is 4.98. The van der Waals surface area contributed by atoms with E-state index >= 15 is 0 Å². The second-order valence-electron chi connectivity index (χ2n) is 6.63. The largest absolute Gasteiger partial charge is 0.350 e. The summed E-state index contributed by atoms with van der Waals surface area (Å²) in [6.45, 7) is 7.07. The molecule has 0 saturated heterocycles. The van der Waals surface area contributed by atoms with Crippen LogP contribution in [-0.2, 0) is 18.9 Å². The SMILES string of the molecule is Cn1nc(C(=O)NCCc2ccc(C(C)(C)C)cc2)ccc1=O. The predicted molar refractivity (Wildman–Crippen MR) is 90.7 cm³/mol. The molecule has 0 saturated carbocycles. The smallest absolute Gasteiger partial charge is 0.271 e. The molecule has 1 amide bonds. The molecule has 0 unspecified atom stereocenters. The Bertz CT molecular complexity index is 740. The first-order chi connectivity index (χ1) is 10.8. The van der Waals surface area contributed by atoms with E-state index in [4.69, 9.17) is 0 Å². The lowest BCUT2D eigenvalue weighted by Gasteiger charge is -2.19. The molecule has 1 aromatic carbocycles. The maximum Gasteiger partial charge on any atom is 0.271 e. The van der Waals surface area contributed by atoms with E-state index in [1.807, 2.05) is 0 Å². The van der Waals surface area contributed by atoms with Crippen LogP contribution >= 0.6 is 0 Å². The fourth-order valence-corrected chi connectivity index (χ4v) is 2.21. The van der Waals surface area contributed by atoms with Gasteiger partial charge in [0.25, 0.3) is 11.5 Å². The first-order valence-electron chi connectivity index (χ1n) is 7.69. The molecule has 1 N–H and O–H groups in total. The van der Waals surface area contributed by atoms with Gasteiger partial charge >= 0.3 is 0 Å². The molecular weight excluding hydrogens is 290 g/mol. The Labute approximate surface area is 136 Å². The van der Waals surface area contributed by atoms with Crippen molar-refractivity contribution in [3.8, 4) is 0 Å². The molecule has 2 aromatic rings. The van der Waals surface area contributed by atoms with E-state index in [0.29, 0.717) is 6.54 Å². The quantitative estimate of drug-likeness (QED) is 0.939. The van der Waals surface area contributed by atoms with Crippen LogP contribution in [0, 0.1) is 0 Å². The van der Waals surface area contributed by atoms with Gasteiger partial charge in [0, 0.05) is 19.7 Å². The Morgan fingerprint density at radius 2 is 1.78 bits per heavy atom. The highest BCUT2D eigenvalue weighted by molar-refractivity contribution is 5.91. The van der Waals surface area contributed by atoms with E-state index in [2.05, 4.69) is 55.5 Å². The maximum absolute atomic E-state index is 12.0. The van der Waals surface area contributed by atoms with Gasteiger partial charge in [-0.15, -0.1) is 0 Å². The van der Waals surface area contributed by atoms with Gasteiger partial charge in [-0.05, 0) is 29.0 Å². The van der Waals surface area contributed by atoms with Crippen LogP contribution in [-0.4, -0.2) is 22.2 Å². The molecule has 122 valence electrons. The van der Waals surface area contributed by atoms with E-state index in [1.54, 1.807) is 0 Å². The number of carbonyl (C=O) groups is 1. The van der Waals surface area contributed by atoms with E-state index < -0.39 is 0 Å². The highest BCUT2D eigenvalue weighted by Gasteiger charge is 2.13. The first-order valence-corrected chi connectivity index (χ1v) is 7.69. The normalized spacial score (nSPS) is 11.3. The fraction of sp³-hybridized carbons (Fsp3) is 0.389. The number of nitrogens with one attached hydrogen (secondary N) is 1. The van der Waals surface area contributed by atoms with Crippen molar-refractivity contribution < 1.29 is 4.79 Å². The van der Waals surface area contributed by atoms with Crippen molar-refractivity contribution in [2.45, 2.75) is 32.6 Å². The van der Waals surface area contributed by atoms with Gasteiger partial charge in [0.1, 0.15) is 5.69 Å². The predicted octanol–water partition coefficient (Wildman–Crippen LogP) is 2.05. The van der Waals surface area contributed by atoms with Gasteiger partial charge in [0.15, 0.2) is 0 Å². The van der Waals surface area contributed by atoms with Crippen LogP contribution in [0.5, 0.6) is 0 Å².